The van der Waals surface area contributed by atoms with Gasteiger partial charge in [0.2, 0.25) is 11.7 Å². The van der Waals surface area contributed by atoms with Gasteiger partial charge in [-0.1, -0.05) is 101 Å². The van der Waals surface area contributed by atoms with Gasteiger partial charge in [0.15, 0.2) is 6.10 Å². The van der Waals surface area contributed by atoms with E-state index in [0.29, 0.717) is 12.8 Å². The molecule has 0 radical (unpaired) electrons. The van der Waals surface area contributed by atoms with Crippen LogP contribution < -0.4 is 5.32 Å². The van der Waals surface area contributed by atoms with Gasteiger partial charge in [-0.3, -0.25) is 14.4 Å². The van der Waals surface area contributed by atoms with E-state index < -0.39 is 65.4 Å². The van der Waals surface area contributed by atoms with Gasteiger partial charge in [-0.25, -0.2) is 4.79 Å². The predicted octanol–water partition coefficient (Wildman–Crippen LogP) is 5.69. The summed E-state index contributed by atoms with van der Waals surface area (Å²) in [4.78, 5) is 48.0. The molecule has 0 saturated carbocycles. The molecule has 0 bridgehead atoms. The third kappa shape index (κ3) is 13.7. The predicted molar refractivity (Wildman–Crippen MR) is 201 cm³/mol. The van der Waals surface area contributed by atoms with Crippen LogP contribution in [0.1, 0.15) is 74.7 Å². The number of aliphatic hydroxyl groups is 1. The van der Waals surface area contributed by atoms with Crippen molar-refractivity contribution in [3.63, 3.8) is 0 Å². The number of hydrogen-bond acceptors (Lipinski definition) is 10. The van der Waals surface area contributed by atoms with Crippen LogP contribution in [0.3, 0.4) is 0 Å². The molecule has 53 heavy (non-hydrogen) atoms. The van der Waals surface area contributed by atoms with Gasteiger partial charge in [0.1, 0.15) is 12.2 Å². The molecule has 2 aliphatic heterocycles. The highest BCUT2D eigenvalue weighted by molar-refractivity contribution is 5.80. The Hall–Kier alpha value is -4.10. The molecule has 4 unspecified atom stereocenters. The average molecular weight is 742 g/mol. The average Bonchev–Trinajstić information content (AvgIpc) is 3.46. The number of aliphatic carboxylic acids is 1. The zero-order chi connectivity index (χ0) is 39.8. The molecule has 0 aliphatic carbocycles. The highest BCUT2D eigenvalue weighted by Gasteiger charge is 2.57. The monoisotopic (exact) mass is 741 g/mol. The first-order valence-electron chi connectivity index (χ1n) is 18.1. The maximum absolute atomic E-state index is 13.5. The van der Waals surface area contributed by atoms with Gasteiger partial charge >= 0.3 is 17.9 Å². The van der Waals surface area contributed by atoms with Crippen LogP contribution in [0, 0.1) is 17.3 Å². The van der Waals surface area contributed by atoms with Crippen LogP contribution in [-0.4, -0.2) is 90.1 Å². The molecular weight excluding hydrogens is 682 g/mol. The normalized spacial score (nSPS) is 28.3. The highest BCUT2D eigenvalue weighted by atomic mass is 16.7. The van der Waals surface area contributed by atoms with Gasteiger partial charge in [-0.15, -0.1) is 0 Å². The van der Waals surface area contributed by atoms with E-state index in [9.17, 15) is 24.3 Å². The third-order valence-electron chi connectivity index (χ3n) is 9.39. The van der Waals surface area contributed by atoms with E-state index in [1.807, 2.05) is 65.0 Å². The molecule has 0 spiro atoms. The minimum Gasteiger partial charge on any atom is -0.478 e. The Morgan fingerprint density at radius 3 is 2.23 bits per heavy atom. The lowest BCUT2D eigenvalue weighted by Crippen LogP contribution is -2.64. The smallest absolute Gasteiger partial charge is 0.328 e. The minimum atomic E-state index is -2.05. The SMILES string of the molecule is C/C=C\C=C\[C@@H]1O[C@](O)(C(CC)C(=O)NC/C=C/C=C(\C)[C@@H](OC)[C@@H](C)C2CC(OC(C)=O)C(/C=C/C=C/C=C/C(=O)O)O2)[C@H](OC(C)=O)CC1(C)C. The van der Waals surface area contributed by atoms with Crippen molar-refractivity contribution in [2.75, 3.05) is 13.7 Å². The molecule has 1 amide bonds. The van der Waals surface area contributed by atoms with Gasteiger partial charge in [0.05, 0.1) is 24.2 Å². The highest BCUT2D eigenvalue weighted by Crippen LogP contribution is 2.45. The number of carboxylic acids is 1. The van der Waals surface area contributed by atoms with E-state index in [-0.39, 0.29) is 31.1 Å². The molecule has 2 aliphatic rings. The van der Waals surface area contributed by atoms with E-state index in [1.54, 1.807) is 50.5 Å². The number of carbonyl (C=O) groups is 4. The molecule has 2 rings (SSSR count). The summed E-state index contributed by atoms with van der Waals surface area (Å²) in [6, 6.07) is 0. The van der Waals surface area contributed by atoms with Gasteiger partial charge in [0, 0.05) is 45.9 Å². The van der Waals surface area contributed by atoms with Crippen LogP contribution in [0.4, 0.5) is 0 Å². The summed E-state index contributed by atoms with van der Waals surface area (Å²) in [6.45, 7) is 14.3. The molecule has 2 fully saturated rings. The van der Waals surface area contributed by atoms with E-state index in [1.165, 1.54) is 19.9 Å². The first-order valence-corrected chi connectivity index (χ1v) is 18.1. The van der Waals surface area contributed by atoms with Crippen LogP contribution in [0.15, 0.2) is 84.6 Å². The number of ether oxygens (including phenoxy) is 5. The fourth-order valence-electron chi connectivity index (χ4n) is 6.71. The Bertz CT molecular complexity index is 1450. The number of esters is 2. The molecule has 0 aromatic rings. The molecule has 2 saturated heterocycles. The number of carboxylic acid groups (broad SMARTS) is 1. The van der Waals surface area contributed by atoms with E-state index in [2.05, 4.69) is 5.32 Å². The zero-order valence-electron chi connectivity index (χ0n) is 32.5. The third-order valence-corrected chi connectivity index (χ3v) is 9.39. The summed E-state index contributed by atoms with van der Waals surface area (Å²) >= 11 is 0. The molecule has 12 nitrogen and oxygen atoms in total. The Balaban J connectivity index is 2.12. The number of methoxy groups -OCH3 is 1. The van der Waals surface area contributed by atoms with E-state index in [0.717, 1.165) is 11.6 Å². The quantitative estimate of drug-likeness (QED) is 0.0897. The van der Waals surface area contributed by atoms with E-state index in [4.69, 9.17) is 28.8 Å². The van der Waals surface area contributed by atoms with Crippen molar-refractivity contribution in [1.82, 2.24) is 5.32 Å². The lowest BCUT2D eigenvalue weighted by atomic mass is 9.73. The van der Waals surface area contributed by atoms with Crippen molar-refractivity contribution >= 4 is 23.8 Å². The van der Waals surface area contributed by atoms with Crippen molar-refractivity contribution in [3.05, 3.63) is 84.6 Å². The van der Waals surface area contributed by atoms with Crippen molar-refractivity contribution in [3.8, 4) is 0 Å². The minimum absolute atomic E-state index is 0.122. The number of carbonyl (C=O) groups excluding carboxylic acids is 3. The summed E-state index contributed by atoms with van der Waals surface area (Å²) < 4.78 is 29.5. The molecule has 9 atom stereocenters. The van der Waals surface area contributed by atoms with Crippen molar-refractivity contribution in [2.45, 2.75) is 117 Å². The lowest BCUT2D eigenvalue weighted by Gasteiger charge is -2.51. The molecule has 294 valence electrons. The van der Waals surface area contributed by atoms with Gasteiger partial charge < -0.3 is 39.2 Å². The maximum Gasteiger partial charge on any atom is 0.328 e. The van der Waals surface area contributed by atoms with Crippen molar-refractivity contribution in [1.29, 1.82) is 0 Å². The summed E-state index contributed by atoms with van der Waals surface area (Å²) in [7, 11) is 1.61. The summed E-state index contributed by atoms with van der Waals surface area (Å²) in [5.74, 6) is -5.65. The van der Waals surface area contributed by atoms with Gasteiger partial charge in [-0.2, -0.15) is 0 Å². The standard InChI is InChI=1S/C41H59NO11/c1-10-12-15-22-35-40(7,8)26-36(51-30(6)44)41(48,53-35)31(11-2)39(47)42-24-19-18-20-27(3)38(49-9)28(4)33-25-34(50-29(5)43)32(52-33)21-16-13-14-17-23-37(45)46/h10,12-23,28,31-36,38,48H,11,24-26H2,1-9H3,(H,42,47)(H,45,46)/b12-10-,14-13+,19-18+,21-16+,22-15+,23-17+,27-20+/t28-,31?,32?,33?,34?,35-,36+,38+,41+/m0/s1. The Kier molecular flexibility index (Phi) is 18.3. The molecular formula is C41H59NO11. The first kappa shape index (κ1) is 45.1. The lowest BCUT2D eigenvalue weighted by molar-refractivity contribution is -0.335. The Morgan fingerprint density at radius 1 is 0.962 bits per heavy atom. The molecule has 2 heterocycles. The van der Waals surface area contributed by atoms with Crippen molar-refractivity contribution in [2.24, 2.45) is 17.3 Å². The number of nitrogens with one attached hydrogen (secondary N) is 1. The maximum atomic E-state index is 13.5. The van der Waals surface area contributed by atoms with Crippen molar-refractivity contribution < 1.29 is 53.1 Å². The van der Waals surface area contributed by atoms with Gasteiger partial charge in [-0.05, 0) is 37.7 Å². The Labute approximate surface area is 314 Å². The largest absolute Gasteiger partial charge is 0.478 e. The number of hydrogen-bond donors (Lipinski definition) is 3. The zero-order valence-corrected chi connectivity index (χ0v) is 32.5. The summed E-state index contributed by atoms with van der Waals surface area (Å²) in [6.07, 6.45) is 19.8. The van der Waals surface area contributed by atoms with Crippen LogP contribution in [0.25, 0.3) is 0 Å². The van der Waals surface area contributed by atoms with Crippen LogP contribution >= 0.6 is 0 Å². The molecule has 0 aromatic heterocycles. The van der Waals surface area contributed by atoms with Crippen LogP contribution in [0.2, 0.25) is 0 Å². The number of allylic oxidation sites excluding steroid dienone is 9. The molecule has 3 N–H and O–H groups in total. The second-order valence-corrected chi connectivity index (χ2v) is 14.0. The first-order chi connectivity index (χ1) is 25.0. The second-order valence-electron chi connectivity index (χ2n) is 14.0. The van der Waals surface area contributed by atoms with Crippen LogP contribution in [0.5, 0.6) is 0 Å². The second kappa shape index (κ2) is 21.6. The molecule has 0 aromatic carbocycles. The Morgan fingerprint density at radius 2 is 1.62 bits per heavy atom. The fraction of sp³-hybridized carbons (Fsp3) is 0.561. The van der Waals surface area contributed by atoms with Gasteiger partial charge in [0.25, 0.3) is 0 Å². The summed E-state index contributed by atoms with van der Waals surface area (Å²) in [5, 5.41) is 23.5. The molecule has 12 heteroatoms. The number of rotatable bonds is 18. The fourth-order valence-corrected chi connectivity index (χ4v) is 6.71. The summed E-state index contributed by atoms with van der Waals surface area (Å²) in [5.41, 5.74) is 0.417. The number of amides is 1. The van der Waals surface area contributed by atoms with E-state index >= 15 is 0 Å². The van der Waals surface area contributed by atoms with Crippen LogP contribution in [-0.2, 0) is 42.9 Å². The topological polar surface area (TPSA) is 167 Å².